The summed E-state index contributed by atoms with van der Waals surface area (Å²) in [4.78, 5) is 10.4. The summed E-state index contributed by atoms with van der Waals surface area (Å²) in [6, 6.07) is 1.84. The Bertz CT molecular complexity index is 622. The minimum absolute atomic E-state index is 0.0174. The Hall–Kier alpha value is -1.22. The standard InChI is InChI=1S/C12H17ClFN3O3S/c1-8(18)17-11-7-10(14)12(6-9(11)13)21(19,20)16-5-3-2-4-15/h6-7,16H,2-5,15H2,1H3,(H,17,18). The van der Waals surface area contributed by atoms with Crippen LogP contribution in [0.25, 0.3) is 0 Å². The van der Waals surface area contributed by atoms with E-state index < -0.39 is 26.6 Å². The van der Waals surface area contributed by atoms with Crippen LogP contribution in [0.5, 0.6) is 0 Å². The Morgan fingerprint density at radius 2 is 2.05 bits per heavy atom. The number of hydrogen-bond donors (Lipinski definition) is 3. The van der Waals surface area contributed by atoms with Gasteiger partial charge in [-0.3, -0.25) is 4.79 Å². The van der Waals surface area contributed by atoms with Crippen molar-refractivity contribution in [1.82, 2.24) is 4.72 Å². The normalized spacial score (nSPS) is 11.4. The monoisotopic (exact) mass is 337 g/mol. The maximum Gasteiger partial charge on any atom is 0.243 e. The maximum atomic E-state index is 13.9. The molecule has 0 radical (unpaired) electrons. The average Bonchev–Trinajstić information content (AvgIpc) is 2.38. The highest BCUT2D eigenvalue weighted by molar-refractivity contribution is 7.89. The summed E-state index contributed by atoms with van der Waals surface area (Å²) in [5, 5.41) is 2.25. The molecule has 0 fully saturated rings. The van der Waals surface area contributed by atoms with Gasteiger partial charge in [0.15, 0.2) is 0 Å². The van der Waals surface area contributed by atoms with Gasteiger partial charge in [0.1, 0.15) is 10.7 Å². The number of rotatable bonds is 7. The molecule has 0 atom stereocenters. The number of nitrogens with one attached hydrogen (secondary N) is 2. The molecular weight excluding hydrogens is 321 g/mol. The molecule has 0 unspecified atom stereocenters. The minimum atomic E-state index is -4.00. The number of carbonyl (C=O) groups excluding carboxylic acids is 1. The van der Waals surface area contributed by atoms with E-state index in [9.17, 15) is 17.6 Å². The predicted molar refractivity (Wildman–Crippen MR) is 79.2 cm³/mol. The van der Waals surface area contributed by atoms with Crippen molar-refractivity contribution in [3.8, 4) is 0 Å². The lowest BCUT2D eigenvalue weighted by molar-refractivity contribution is -0.114. The van der Waals surface area contributed by atoms with E-state index in [1.807, 2.05) is 0 Å². The third-order valence-electron chi connectivity index (χ3n) is 2.54. The van der Waals surface area contributed by atoms with Crippen LogP contribution < -0.4 is 15.8 Å². The Kier molecular flexibility index (Phi) is 6.53. The summed E-state index contributed by atoms with van der Waals surface area (Å²) in [7, 11) is -4.00. The van der Waals surface area contributed by atoms with Crippen LogP contribution in [0.3, 0.4) is 0 Å². The van der Waals surface area contributed by atoms with E-state index >= 15 is 0 Å². The number of hydrogen-bond acceptors (Lipinski definition) is 4. The SMILES string of the molecule is CC(=O)Nc1cc(F)c(S(=O)(=O)NCCCCN)cc1Cl. The van der Waals surface area contributed by atoms with Gasteiger partial charge in [-0.15, -0.1) is 0 Å². The number of halogens is 2. The molecule has 21 heavy (non-hydrogen) atoms. The largest absolute Gasteiger partial charge is 0.330 e. The van der Waals surface area contributed by atoms with E-state index in [0.717, 1.165) is 12.1 Å². The van der Waals surface area contributed by atoms with Gasteiger partial charge in [0, 0.05) is 19.5 Å². The van der Waals surface area contributed by atoms with Gasteiger partial charge in [0.25, 0.3) is 0 Å². The molecule has 0 bridgehead atoms. The molecule has 118 valence electrons. The van der Waals surface area contributed by atoms with Crippen molar-refractivity contribution < 1.29 is 17.6 Å². The Morgan fingerprint density at radius 1 is 1.38 bits per heavy atom. The Balaban J connectivity index is 2.97. The highest BCUT2D eigenvalue weighted by Crippen LogP contribution is 2.28. The molecule has 0 aliphatic carbocycles. The lowest BCUT2D eigenvalue weighted by Gasteiger charge is -2.11. The van der Waals surface area contributed by atoms with Crippen LogP contribution in [0.15, 0.2) is 17.0 Å². The molecule has 0 heterocycles. The molecule has 1 rings (SSSR count). The van der Waals surface area contributed by atoms with Crippen LogP contribution in [0, 0.1) is 5.82 Å². The van der Waals surface area contributed by atoms with Crippen molar-refractivity contribution in [2.45, 2.75) is 24.7 Å². The lowest BCUT2D eigenvalue weighted by atomic mass is 10.3. The average molecular weight is 338 g/mol. The van der Waals surface area contributed by atoms with Crippen LogP contribution in [0.1, 0.15) is 19.8 Å². The van der Waals surface area contributed by atoms with Crippen molar-refractivity contribution in [1.29, 1.82) is 0 Å². The second-order valence-electron chi connectivity index (χ2n) is 4.34. The van der Waals surface area contributed by atoms with Crippen molar-refractivity contribution >= 4 is 33.2 Å². The minimum Gasteiger partial charge on any atom is -0.330 e. The summed E-state index contributed by atoms with van der Waals surface area (Å²) in [5.41, 5.74) is 5.32. The number of anilines is 1. The molecule has 0 saturated heterocycles. The van der Waals surface area contributed by atoms with Gasteiger partial charge in [0.2, 0.25) is 15.9 Å². The third-order valence-corrected chi connectivity index (χ3v) is 4.33. The van der Waals surface area contributed by atoms with E-state index in [0.29, 0.717) is 19.4 Å². The topological polar surface area (TPSA) is 101 Å². The van der Waals surface area contributed by atoms with Gasteiger partial charge in [-0.2, -0.15) is 0 Å². The van der Waals surface area contributed by atoms with Crippen molar-refractivity contribution in [3.05, 3.63) is 23.0 Å². The summed E-state index contributed by atoms with van der Waals surface area (Å²) in [5.74, 6) is -1.43. The first kappa shape index (κ1) is 17.8. The smallest absolute Gasteiger partial charge is 0.243 e. The Morgan fingerprint density at radius 3 is 2.62 bits per heavy atom. The highest BCUT2D eigenvalue weighted by atomic mass is 35.5. The van der Waals surface area contributed by atoms with Crippen LogP contribution in [-0.2, 0) is 14.8 Å². The third kappa shape index (κ3) is 5.24. The van der Waals surface area contributed by atoms with E-state index in [4.69, 9.17) is 17.3 Å². The number of benzene rings is 1. The second-order valence-corrected chi connectivity index (χ2v) is 6.48. The van der Waals surface area contributed by atoms with Gasteiger partial charge >= 0.3 is 0 Å². The number of amides is 1. The van der Waals surface area contributed by atoms with Crippen molar-refractivity contribution in [2.75, 3.05) is 18.4 Å². The molecule has 0 aliphatic heterocycles. The van der Waals surface area contributed by atoms with Crippen LogP contribution in [-0.4, -0.2) is 27.4 Å². The van der Waals surface area contributed by atoms with E-state index in [2.05, 4.69) is 10.0 Å². The molecule has 1 aromatic carbocycles. The summed E-state index contributed by atoms with van der Waals surface area (Å²) < 4.78 is 40.1. The maximum absolute atomic E-state index is 13.9. The summed E-state index contributed by atoms with van der Waals surface area (Å²) in [6.07, 6.45) is 1.21. The van der Waals surface area contributed by atoms with Gasteiger partial charge in [-0.25, -0.2) is 17.5 Å². The van der Waals surface area contributed by atoms with Crippen molar-refractivity contribution in [2.24, 2.45) is 5.73 Å². The first-order chi connectivity index (χ1) is 9.77. The molecule has 0 spiro atoms. The van der Waals surface area contributed by atoms with E-state index in [-0.39, 0.29) is 17.3 Å². The molecule has 0 aliphatic rings. The first-order valence-corrected chi connectivity index (χ1v) is 8.10. The van der Waals surface area contributed by atoms with Gasteiger partial charge < -0.3 is 11.1 Å². The summed E-state index contributed by atoms with van der Waals surface area (Å²) >= 11 is 5.85. The molecule has 4 N–H and O–H groups in total. The predicted octanol–water partition coefficient (Wildman–Crippen LogP) is 1.45. The second kappa shape index (κ2) is 7.69. The molecule has 0 aromatic heterocycles. The van der Waals surface area contributed by atoms with Gasteiger partial charge in [-0.1, -0.05) is 11.6 Å². The van der Waals surface area contributed by atoms with Crippen LogP contribution >= 0.6 is 11.6 Å². The Labute approximate surface area is 127 Å². The fourth-order valence-corrected chi connectivity index (χ4v) is 3.01. The highest BCUT2D eigenvalue weighted by Gasteiger charge is 2.21. The van der Waals surface area contributed by atoms with Gasteiger partial charge in [-0.05, 0) is 25.5 Å². The molecule has 1 amide bonds. The molecule has 0 saturated carbocycles. The fraction of sp³-hybridized carbons (Fsp3) is 0.417. The molecule has 6 nitrogen and oxygen atoms in total. The zero-order valence-electron chi connectivity index (χ0n) is 11.4. The first-order valence-electron chi connectivity index (χ1n) is 6.24. The number of unbranched alkanes of at least 4 members (excludes halogenated alkanes) is 1. The fourth-order valence-electron chi connectivity index (χ4n) is 1.57. The zero-order chi connectivity index (χ0) is 16.0. The quantitative estimate of drug-likeness (QED) is 0.655. The van der Waals surface area contributed by atoms with Crippen molar-refractivity contribution in [3.63, 3.8) is 0 Å². The molecule has 9 heteroatoms. The molecule has 1 aromatic rings. The van der Waals surface area contributed by atoms with E-state index in [1.165, 1.54) is 6.92 Å². The lowest BCUT2D eigenvalue weighted by Crippen LogP contribution is -2.26. The van der Waals surface area contributed by atoms with Crippen LogP contribution in [0.2, 0.25) is 5.02 Å². The number of sulfonamides is 1. The van der Waals surface area contributed by atoms with Crippen LogP contribution in [0.4, 0.5) is 10.1 Å². The zero-order valence-corrected chi connectivity index (χ0v) is 13.0. The summed E-state index contributed by atoms with van der Waals surface area (Å²) in [6.45, 7) is 1.84. The van der Waals surface area contributed by atoms with Gasteiger partial charge in [0.05, 0.1) is 10.7 Å². The van der Waals surface area contributed by atoms with E-state index in [1.54, 1.807) is 0 Å². The molecular formula is C12H17ClFN3O3S. The number of carbonyl (C=O) groups is 1. The number of nitrogens with two attached hydrogens (primary N) is 1.